The summed E-state index contributed by atoms with van der Waals surface area (Å²) < 4.78 is 5.18. The van der Waals surface area contributed by atoms with Crippen molar-refractivity contribution >= 4 is 0 Å². The Morgan fingerprint density at radius 1 is 1.38 bits per heavy atom. The molecular weight excluding hydrogens is 200 g/mol. The first-order chi connectivity index (χ1) is 7.72. The van der Waals surface area contributed by atoms with Crippen LogP contribution in [0.2, 0.25) is 0 Å². The minimum absolute atomic E-state index is 0.145. The molecule has 1 aromatic carbocycles. The van der Waals surface area contributed by atoms with Crippen molar-refractivity contribution in [3.05, 3.63) is 35.9 Å². The highest BCUT2D eigenvalue weighted by molar-refractivity contribution is 5.26. The Labute approximate surface area is 97.3 Å². The van der Waals surface area contributed by atoms with Gasteiger partial charge in [0, 0.05) is 7.11 Å². The highest BCUT2D eigenvalue weighted by atomic mass is 16.5. The van der Waals surface area contributed by atoms with E-state index in [2.05, 4.69) is 24.3 Å². The van der Waals surface area contributed by atoms with Gasteiger partial charge in [0.2, 0.25) is 0 Å². The second-order valence-corrected chi connectivity index (χ2v) is 4.77. The molecule has 0 bridgehead atoms. The molecule has 2 heteroatoms. The standard InChI is InChI=1S/C14H20O2/c1-10(16-2)8-14(15)13-9-12(13)11-6-4-3-5-7-11/h3-7,10,12-15H,8-9H2,1-2H3. The largest absolute Gasteiger partial charge is 0.393 e. The third-order valence-electron chi connectivity index (χ3n) is 3.54. The molecule has 0 radical (unpaired) electrons. The van der Waals surface area contributed by atoms with E-state index >= 15 is 0 Å². The van der Waals surface area contributed by atoms with E-state index in [1.807, 2.05) is 13.0 Å². The van der Waals surface area contributed by atoms with Crippen molar-refractivity contribution in [1.29, 1.82) is 0 Å². The molecule has 0 spiro atoms. The van der Waals surface area contributed by atoms with Gasteiger partial charge in [-0.15, -0.1) is 0 Å². The van der Waals surface area contributed by atoms with Gasteiger partial charge in [-0.2, -0.15) is 0 Å². The molecule has 16 heavy (non-hydrogen) atoms. The average molecular weight is 220 g/mol. The highest BCUT2D eigenvalue weighted by Crippen LogP contribution is 2.50. The quantitative estimate of drug-likeness (QED) is 0.826. The SMILES string of the molecule is COC(C)CC(O)C1CC1c1ccccc1. The Hall–Kier alpha value is -0.860. The van der Waals surface area contributed by atoms with Crippen LogP contribution in [0, 0.1) is 5.92 Å². The van der Waals surface area contributed by atoms with E-state index in [-0.39, 0.29) is 12.2 Å². The molecular formula is C14H20O2. The van der Waals surface area contributed by atoms with Gasteiger partial charge in [0.05, 0.1) is 12.2 Å². The molecule has 1 fully saturated rings. The zero-order valence-electron chi connectivity index (χ0n) is 9.97. The maximum Gasteiger partial charge on any atom is 0.0599 e. The third kappa shape index (κ3) is 2.63. The molecule has 1 N–H and O–H groups in total. The summed E-state index contributed by atoms with van der Waals surface area (Å²) in [6.45, 7) is 2.00. The first-order valence-corrected chi connectivity index (χ1v) is 5.98. The van der Waals surface area contributed by atoms with E-state index < -0.39 is 0 Å². The van der Waals surface area contributed by atoms with Crippen LogP contribution >= 0.6 is 0 Å². The number of aliphatic hydroxyl groups is 1. The van der Waals surface area contributed by atoms with Crippen LogP contribution in [0.5, 0.6) is 0 Å². The van der Waals surface area contributed by atoms with Crippen molar-refractivity contribution in [3.8, 4) is 0 Å². The third-order valence-corrected chi connectivity index (χ3v) is 3.54. The maximum absolute atomic E-state index is 10.0. The van der Waals surface area contributed by atoms with Crippen molar-refractivity contribution in [2.75, 3.05) is 7.11 Å². The van der Waals surface area contributed by atoms with Crippen LogP contribution in [-0.2, 0) is 4.74 Å². The summed E-state index contributed by atoms with van der Waals surface area (Å²) in [5, 5.41) is 10.0. The summed E-state index contributed by atoms with van der Waals surface area (Å²) in [5.74, 6) is 0.986. The van der Waals surface area contributed by atoms with Crippen LogP contribution in [0.4, 0.5) is 0 Å². The number of ether oxygens (including phenoxy) is 1. The summed E-state index contributed by atoms with van der Waals surface area (Å²) in [6.07, 6.45) is 1.78. The van der Waals surface area contributed by atoms with Crippen LogP contribution in [-0.4, -0.2) is 24.4 Å². The van der Waals surface area contributed by atoms with Gasteiger partial charge in [-0.05, 0) is 37.2 Å². The minimum Gasteiger partial charge on any atom is -0.393 e. The van der Waals surface area contributed by atoms with Crippen molar-refractivity contribution in [1.82, 2.24) is 0 Å². The first-order valence-electron chi connectivity index (χ1n) is 5.98. The number of hydrogen-bond acceptors (Lipinski definition) is 2. The van der Waals surface area contributed by atoms with Gasteiger partial charge in [0.15, 0.2) is 0 Å². The molecule has 0 saturated heterocycles. The number of aliphatic hydroxyl groups excluding tert-OH is 1. The maximum atomic E-state index is 10.0. The van der Waals surface area contributed by atoms with Gasteiger partial charge in [-0.1, -0.05) is 30.3 Å². The molecule has 1 aromatic rings. The van der Waals surface area contributed by atoms with Crippen LogP contribution in [0.3, 0.4) is 0 Å². The number of hydrogen-bond donors (Lipinski definition) is 1. The molecule has 0 heterocycles. The monoisotopic (exact) mass is 220 g/mol. The second kappa shape index (κ2) is 4.98. The van der Waals surface area contributed by atoms with Crippen LogP contribution < -0.4 is 0 Å². The molecule has 0 aromatic heterocycles. The van der Waals surface area contributed by atoms with E-state index in [0.717, 1.165) is 12.8 Å². The molecule has 1 saturated carbocycles. The second-order valence-electron chi connectivity index (χ2n) is 4.77. The molecule has 1 aliphatic rings. The van der Waals surface area contributed by atoms with E-state index in [4.69, 9.17) is 4.74 Å². The predicted molar refractivity (Wildman–Crippen MR) is 64.4 cm³/mol. The van der Waals surface area contributed by atoms with Gasteiger partial charge in [0.1, 0.15) is 0 Å². The summed E-state index contributed by atoms with van der Waals surface area (Å²) in [4.78, 5) is 0. The van der Waals surface area contributed by atoms with E-state index in [1.165, 1.54) is 5.56 Å². The summed E-state index contributed by atoms with van der Waals surface area (Å²) in [7, 11) is 1.69. The zero-order valence-corrected chi connectivity index (χ0v) is 9.97. The summed E-state index contributed by atoms with van der Waals surface area (Å²) in [6, 6.07) is 10.5. The van der Waals surface area contributed by atoms with E-state index in [9.17, 15) is 5.11 Å². The van der Waals surface area contributed by atoms with Gasteiger partial charge in [-0.3, -0.25) is 0 Å². The van der Waals surface area contributed by atoms with Crippen molar-refractivity contribution in [2.24, 2.45) is 5.92 Å². The molecule has 88 valence electrons. The fourth-order valence-corrected chi connectivity index (χ4v) is 2.33. The zero-order chi connectivity index (χ0) is 11.5. The lowest BCUT2D eigenvalue weighted by Crippen LogP contribution is -2.19. The lowest BCUT2D eigenvalue weighted by atomic mass is 10.0. The topological polar surface area (TPSA) is 29.5 Å². The fourth-order valence-electron chi connectivity index (χ4n) is 2.33. The van der Waals surface area contributed by atoms with Crippen molar-refractivity contribution in [2.45, 2.75) is 37.9 Å². The van der Waals surface area contributed by atoms with Gasteiger partial charge >= 0.3 is 0 Å². The Kier molecular flexibility index (Phi) is 3.62. The summed E-state index contributed by atoms with van der Waals surface area (Å²) in [5.41, 5.74) is 1.36. The van der Waals surface area contributed by atoms with Gasteiger partial charge < -0.3 is 9.84 Å². The molecule has 4 unspecified atom stereocenters. The Bertz CT molecular complexity index is 323. The molecule has 2 nitrogen and oxygen atoms in total. The molecule has 0 aliphatic heterocycles. The van der Waals surface area contributed by atoms with Crippen LogP contribution in [0.25, 0.3) is 0 Å². The number of benzene rings is 1. The van der Waals surface area contributed by atoms with Gasteiger partial charge in [-0.25, -0.2) is 0 Å². The van der Waals surface area contributed by atoms with E-state index in [1.54, 1.807) is 7.11 Å². The first kappa shape index (κ1) is 11.6. The van der Waals surface area contributed by atoms with E-state index in [0.29, 0.717) is 11.8 Å². The number of rotatable bonds is 5. The Morgan fingerprint density at radius 3 is 2.69 bits per heavy atom. The average Bonchev–Trinajstić information content (AvgIpc) is 3.10. The Morgan fingerprint density at radius 2 is 2.06 bits per heavy atom. The lowest BCUT2D eigenvalue weighted by molar-refractivity contribution is 0.0463. The van der Waals surface area contributed by atoms with Gasteiger partial charge in [0.25, 0.3) is 0 Å². The molecule has 0 amide bonds. The molecule has 1 aliphatic carbocycles. The van der Waals surface area contributed by atoms with Crippen molar-refractivity contribution < 1.29 is 9.84 Å². The summed E-state index contributed by atoms with van der Waals surface area (Å²) >= 11 is 0. The highest BCUT2D eigenvalue weighted by Gasteiger charge is 2.43. The Balaban J connectivity index is 1.87. The normalized spacial score (nSPS) is 27.4. The number of methoxy groups -OCH3 is 1. The van der Waals surface area contributed by atoms with Crippen LogP contribution in [0.15, 0.2) is 30.3 Å². The fraction of sp³-hybridized carbons (Fsp3) is 0.571. The molecule has 2 rings (SSSR count). The molecule has 4 atom stereocenters. The minimum atomic E-state index is -0.222. The predicted octanol–water partition coefficient (Wildman–Crippen LogP) is 2.58. The smallest absolute Gasteiger partial charge is 0.0599 e. The van der Waals surface area contributed by atoms with Crippen LogP contribution in [0.1, 0.15) is 31.2 Å². The van der Waals surface area contributed by atoms with Crippen molar-refractivity contribution in [3.63, 3.8) is 0 Å². The lowest BCUT2D eigenvalue weighted by Gasteiger charge is -2.15.